The number of benzene rings is 4. The van der Waals surface area contributed by atoms with Crippen molar-refractivity contribution in [3.8, 4) is 6.07 Å². The standard InChI is InChI=1S/C27H16N4OS2/c28-13-20-24-19-10-11-21(33-16-5-1-14(29)2-6-16)18-9-12-22(34-17-7-3-15(30)4-8-17)25(23(18)19)26(24)31-27(20)32/h1-12H,29-30H2. The number of rotatable bonds is 4. The number of anilines is 2. The fourth-order valence-electron chi connectivity index (χ4n) is 4.33. The summed E-state index contributed by atoms with van der Waals surface area (Å²) in [6, 6.07) is 25.7. The van der Waals surface area contributed by atoms with Crippen LogP contribution in [0.3, 0.4) is 0 Å². The van der Waals surface area contributed by atoms with E-state index in [-0.39, 0.29) is 5.57 Å². The first-order chi connectivity index (χ1) is 16.5. The summed E-state index contributed by atoms with van der Waals surface area (Å²) in [4.78, 5) is 21.0. The summed E-state index contributed by atoms with van der Waals surface area (Å²) < 4.78 is 0. The first-order valence-corrected chi connectivity index (χ1v) is 12.1. The van der Waals surface area contributed by atoms with Gasteiger partial charge in [-0.2, -0.15) is 5.26 Å². The molecule has 0 bridgehead atoms. The molecule has 1 aliphatic heterocycles. The van der Waals surface area contributed by atoms with E-state index >= 15 is 0 Å². The summed E-state index contributed by atoms with van der Waals surface area (Å²) in [6.45, 7) is 0. The summed E-state index contributed by atoms with van der Waals surface area (Å²) >= 11 is 3.25. The summed E-state index contributed by atoms with van der Waals surface area (Å²) in [5.74, 6) is -0.473. The second-order valence-corrected chi connectivity index (χ2v) is 10.2. The number of nitrogen functional groups attached to an aromatic ring is 2. The molecule has 0 saturated carbocycles. The number of fused-ring (bicyclic) bond motifs is 3. The van der Waals surface area contributed by atoms with E-state index in [4.69, 9.17) is 11.5 Å². The van der Waals surface area contributed by atoms with E-state index in [0.29, 0.717) is 17.0 Å². The van der Waals surface area contributed by atoms with Crippen LogP contribution in [0.25, 0.3) is 16.3 Å². The average molecular weight is 477 g/mol. The molecule has 7 heteroatoms. The fraction of sp³-hybridized carbons (Fsp3) is 0. The molecule has 0 atom stereocenters. The minimum Gasteiger partial charge on any atom is -0.399 e. The van der Waals surface area contributed by atoms with Gasteiger partial charge in [-0.15, -0.1) is 0 Å². The zero-order valence-electron chi connectivity index (χ0n) is 17.7. The number of hydrogen-bond donors (Lipinski definition) is 2. The van der Waals surface area contributed by atoms with Crippen molar-refractivity contribution in [1.29, 1.82) is 5.26 Å². The van der Waals surface area contributed by atoms with Gasteiger partial charge in [0.2, 0.25) is 0 Å². The molecule has 0 radical (unpaired) electrons. The van der Waals surface area contributed by atoms with Gasteiger partial charge < -0.3 is 11.5 Å². The number of carbonyl (C=O) groups is 1. The summed E-state index contributed by atoms with van der Waals surface area (Å²) in [5.41, 5.74) is 16.2. The van der Waals surface area contributed by atoms with E-state index in [1.807, 2.05) is 60.7 Å². The van der Waals surface area contributed by atoms with E-state index in [9.17, 15) is 10.1 Å². The molecule has 6 rings (SSSR count). The quantitative estimate of drug-likeness (QED) is 0.354. The van der Waals surface area contributed by atoms with Crippen LogP contribution in [0.15, 0.2) is 103 Å². The van der Waals surface area contributed by atoms with Gasteiger partial charge in [0.15, 0.2) is 0 Å². The zero-order chi connectivity index (χ0) is 23.4. The highest BCUT2D eigenvalue weighted by Gasteiger charge is 2.38. The molecule has 4 aromatic rings. The average Bonchev–Trinajstić information content (AvgIpc) is 3.33. The van der Waals surface area contributed by atoms with Crippen molar-refractivity contribution < 1.29 is 4.79 Å². The van der Waals surface area contributed by atoms with Crippen molar-refractivity contribution in [3.05, 3.63) is 89.5 Å². The Morgan fingerprint density at radius 2 is 1.35 bits per heavy atom. The van der Waals surface area contributed by atoms with Crippen LogP contribution in [0.1, 0.15) is 11.1 Å². The van der Waals surface area contributed by atoms with Crippen molar-refractivity contribution in [2.24, 2.45) is 4.99 Å². The third-order valence-corrected chi connectivity index (χ3v) is 8.00. The molecule has 0 saturated heterocycles. The maximum Gasteiger partial charge on any atom is 0.288 e. The van der Waals surface area contributed by atoms with E-state index in [1.165, 1.54) is 0 Å². The van der Waals surface area contributed by atoms with Crippen LogP contribution in [0, 0.1) is 11.3 Å². The number of nitrogens with zero attached hydrogens (tertiary/aromatic N) is 2. The molecule has 0 fully saturated rings. The van der Waals surface area contributed by atoms with Crippen LogP contribution in [-0.2, 0) is 4.79 Å². The van der Waals surface area contributed by atoms with Crippen LogP contribution >= 0.6 is 23.5 Å². The molecular weight excluding hydrogens is 460 g/mol. The van der Waals surface area contributed by atoms with Gasteiger partial charge in [0.25, 0.3) is 5.91 Å². The van der Waals surface area contributed by atoms with E-state index < -0.39 is 5.91 Å². The van der Waals surface area contributed by atoms with Gasteiger partial charge in [0.1, 0.15) is 11.6 Å². The first kappa shape index (κ1) is 20.6. The largest absolute Gasteiger partial charge is 0.399 e. The number of allylic oxidation sites excluding steroid dienone is 1. The van der Waals surface area contributed by atoms with Gasteiger partial charge in [0, 0.05) is 47.5 Å². The summed E-state index contributed by atoms with van der Waals surface area (Å²) in [6.07, 6.45) is 0. The molecular formula is C27H16N4OS2. The second kappa shape index (κ2) is 7.80. The predicted octanol–water partition coefficient (Wildman–Crippen LogP) is 5.93. The normalized spacial score (nSPS) is 13.9. The SMILES string of the molecule is N#CC1=C2C(=NC1=O)c1c(Sc3ccc(N)cc3)ccc3c(Sc4ccc(N)cc4)ccc2c13. The van der Waals surface area contributed by atoms with Crippen LogP contribution in [0.2, 0.25) is 0 Å². The maximum atomic E-state index is 12.5. The molecule has 2 aliphatic rings. The van der Waals surface area contributed by atoms with Crippen molar-refractivity contribution in [1.82, 2.24) is 0 Å². The Kier molecular flexibility index (Phi) is 4.73. The number of nitrogens with two attached hydrogens (primary N) is 2. The topological polar surface area (TPSA) is 105 Å². The lowest BCUT2D eigenvalue weighted by molar-refractivity contribution is -0.113. The third kappa shape index (κ3) is 3.19. The molecule has 4 N–H and O–H groups in total. The Hall–Kier alpha value is -3.99. The monoisotopic (exact) mass is 476 g/mol. The Morgan fingerprint density at radius 3 is 1.97 bits per heavy atom. The minimum atomic E-state index is -0.473. The fourth-order valence-corrected chi connectivity index (χ4v) is 6.23. The number of aliphatic imine (C=N–C) groups is 1. The first-order valence-electron chi connectivity index (χ1n) is 10.5. The highest BCUT2D eigenvalue weighted by Crippen LogP contribution is 2.49. The molecule has 34 heavy (non-hydrogen) atoms. The van der Waals surface area contributed by atoms with Crippen LogP contribution in [-0.4, -0.2) is 11.6 Å². The molecule has 4 aromatic carbocycles. The number of hydrogen-bond acceptors (Lipinski definition) is 6. The van der Waals surface area contributed by atoms with E-state index in [1.54, 1.807) is 23.5 Å². The smallest absolute Gasteiger partial charge is 0.288 e. The lowest BCUT2D eigenvalue weighted by Crippen LogP contribution is -1.96. The Morgan fingerprint density at radius 1 is 0.765 bits per heavy atom. The highest BCUT2D eigenvalue weighted by molar-refractivity contribution is 7.99. The van der Waals surface area contributed by atoms with Crippen molar-refractivity contribution in [3.63, 3.8) is 0 Å². The Balaban J connectivity index is 1.56. The van der Waals surface area contributed by atoms with Gasteiger partial charge in [-0.25, -0.2) is 4.99 Å². The molecule has 0 unspecified atom stereocenters. The number of carbonyl (C=O) groups excluding carboxylic acids is 1. The third-order valence-electron chi connectivity index (χ3n) is 5.85. The molecule has 1 aliphatic carbocycles. The lowest BCUT2D eigenvalue weighted by atomic mass is 10.0. The predicted molar refractivity (Wildman–Crippen MR) is 138 cm³/mol. The Labute approximate surface area is 204 Å². The number of nitriles is 1. The van der Waals surface area contributed by atoms with E-state index in [0.717, 1.165) is 47.2 Å². The van der Waals surface area contributed by atoms with Crippen LogP contribution in [0.4, 0.5) is 11.4 Å². The second-order valence-electron chi connectivity index (χ2n) is 7.94. The lowest BCUT2D eigenvalue weighted by Gasteiger charge is -2.12. The Bertz CT molecular complexity index is 1630. The van der Waals surface area contributed by atoms with Crippen molar-refractivity contribution >= 4 is 62.9 Å². The molecule has 5 nitrogen and oxygen atoms in total. The molecule has 162 valence electrons. The van der Waals surface area contributed by atoms with Crippen LogP contribution < -0.4 is 11.5 Å². The summed E-state index contributed by atoms with van der Waals surface area (Å²) in [7, 11) is 0. The minimum absolute atomic E-state index is 0.106. The number of amides is 1. The molecule has 0 aromatic heterocycles. The summed E-state index contributed by atoms with van der Waals surface area (Å²) in [5, 5.41) is 11.8. The molecule has 1 heterocycles. The van der Waals surface area contributed by atoms with Gasteiger partial charge in [-0.05, 0) is 71.6 Å². The van der Waals surface area contributed by atoms with Gasteiger partial charge in [-0.1, -0.05) is 35.7 Å². The van der Waals surface area contributed by atoms with E-state index in [2.05, 4.69) is 23.2 Å². The van der Waals surface area contributed by atoms with Gasteiger partial charge in [0.05, 0.1) is 5.71 Å². The zero-order valence-corrected chi connectivity index (χ0v) is 19.3. The van der Waals surface area contributed by atoms with Gasteiger partial charge in [-0.3, -0.25) is 4.79 Å². The van der Waals surface area contributed by atoms with Crippen molar-refractivity contribution in [2.75, 3.05) is 11.5 Å². The molecule has 0 spiro atoms. The maximum absolute atomic E-state index is 12.5. The molecule has 1 amide bonds. The van der Waals surface area contributed by atoms with Crippen LogP contribution in [0.5, 0.6) is 0 Å². The van der Waals surface area contributed by atoms with Gasteiger partial charge >= 0.3 is 0 Å². The highest BCUT2D eigenvalue weighted by atomic mass is 32.2. The van der Waals surface area contributed by atoms with Crippen molar-refractivity contribution in [2.45, 2.75) is 19.6 Å².